The fourth-order valence-electron chi connectivity index (χ4n) is 7.28. The average molecular weight is 998 g/mol. The molecular formula is C60H104NO8P. The molecule has 0 aromatic heterocycles. The zero-order valence-corrected chi connectivity index (χ0v) is 46.3. The van der Waals surface area contributed by atoms with E-state index in [4.69, 9.17) is 18.5 Å². The Hall–Kier alpha value is -3.07. The van der Waals surface area contributed by atoms with Gasteiger partial charge >= 0.3 is 11.9 Å². The van der Waals surface area contributed by atoms with E-state index in [9.17, 15) is 19.0 Å². The second-order valence-electron chi connectivity index (χ2n) is 19.6. The highest BCUT2D eigenvalue weighted by atomic mass is 31.2. The lowest BCUT2D eigenvalue weighted by Crippen LogP contribution is -2.37. The maximum atomic E-state index is 12.8. The molecule has 0 bridgehead atoms. The Kier molecular flexibility index (Phi) is 48.6. The third kappa shape index (κ3) is 54.3. The van der Waals surface area contributed by atoms with Crippen molar-refractivity contribution in [1.29, 1.82) is 0 Å². The summed E-state index contributed by atoms with van der Waals surface area (Å²) < 4.78 is 34.1. The van der Waals surface area contributed by atoms with Crippen molar-refractivity contribution in [3.63, 3.8) is 0 Å². The minimum atomic E-state index is -4.64. The Morgan fingerprint density at radius 1 is 0.457 bits per heavy atom. The number of phosphoric ester groups is 1. The first-order valence-corrected chi connectivity index (χ1v) is 29.4. The van der Waals surface area contributed by atoms with Gasteiger partial charge in [0, 0.05) is 12.8 Å². The topological polar surface area (TPSA) is 111 Å². The van der Waals surface area contributed by atoms with Gasteiger partial charge in [0.25, 0.3) is 7.82 Å². The molecule has 0 spiro atoms. The van der Waals surface area contributed by atoms with E-state index in [0.717, 1.165) is 103 Å². The summed E-state index contributed by atoms with van der Waals surface area (Å²) in [5, 5.41) is 0. The molecule has 0 saturated heterocycles. The van der Waals surface area contributed by atoms with Crippen molar-refractivity contribution in [3.8, 4) is 0 Å². The number of carbonyl (C=O) groups is 2. The van der Waals surface area contributed by atoms with E-state index in [0.29, 0.717) is 17.4 Å². The standard InChI is InChI=1S/C60H104NO8P/c1-6-8-10-12-14-16-18-20-22-24-25-26-27-28-29-30-31-32-33-34-35-37-39-41-43-45-47-49-51-53-60(63)69-58(57-68-70(64,65)67-55-54-61(3,4)5)56-66-59(62)52-50-48-46-44-42-40-38-36-23-21-19-17-15-13-11-9-7-2/h8,10,14-17,20-23,25-26,28-29,31-32,58H,6-7,9,11-13,18-19,24,27,30,33-57H2,1-5H3/b10-8-,16-14-,17-15-,22-20-,23-21-,26-25-,29-28-,32-31-. The Balaban J connectivity index is 4.21. The molecule has 2 unspecified atom stereocenters. The fraction of sp³-hybridized carbons (Fsp3) is 0.700. The van der Waals surface area contributed by atoms with E-state index >= 15 is 0 Å². The molecule has 0 rings (SSSR count). The van der Waals surface area contributed by atoms with Gasteiger partial charge in [0.05, 0.1) is 27.7 Å². The van der Waals surface area contributed by atoms with E-state index < -0.39 is 32.5 Å². The molecule has 402 valence electrons. The number of quaternary nitrogens is 1. The van der Waals surface area contributed by atoms with Crippen LogP contribution < -0.4 is 4.89 Å². The predicted octanol–water partition coefficient (Wildman–Crippen LogP) is 16.6. The molecule has 0 amide bonds. The third-order valence-electron chi connectivity index (χ3n) is 11.6. The van der Waals surface area contributed by atoms with Gasteiger partial charge in [0.15, 0.2) is 6.10 Å². The molecule has 2 atom stereocenters. The first-order chi connectivity index (χ1) is 34.0. The highest BCUT2D eigenvalue weighted by Gasteiger charge is 2.21. The van der Waals surface area contributed by atoms with Crippen molar-refractivity contribution >= 4 is 19.8 Å². The van der Waals surface area contributed by atoms with Crippen LogP contribution in [0.15, 0.2) is 97.2 Å². The molecule has 0 aliphatic heterocycles. The van der Waals surface area contributed by atoms with E-state index in [1.165, 1.54) is 83.5 Å². The second-order valence-corrected chi connectivity index (χ2v) is 21.0. The van der Waals surface area contributed by atoms with Gasteiger partial charge in [-0.15, -0.1) is 0 Å². The summed E-state index contributed by atoms with van der Waals surface area (Å²) in [7, 11) is 1.15. The number of ether oxygens (including phenoxy) is 2. The summed E-state index contributed by atoms with van der Waals surface area (Å²) in [6.45, 7) is 4.08. The Labute approximate surface area is 430 Å². The first kappa shape index (κ1) is 66.9. The number of likely N-dealkylation sites (N-methyl/N-ethyl adjacent to an activating group) is 1. The second kappa shape index (κ2) is 50.9. The van der Waals surface area contributed by atoms with Crippen LogP contribution in [0.2, 0.25) is 0 Å². The Morgan fingerprint density at radius 3 is 1.21 bits per heavy atom. The minimum absolute atomic E-state index is 0.0375. The molecule has 10 heteroatoms. The molecule has 0 fully saturated rings. The van der Waals surface area contributed by atoms with Crippen LogP contribution in [0.4, 0.5) is 0 Å². The molecule has 0 aliphatic carbocycles. The van der Waals surface area contributed by atoms with Gasteiger partial charge in [0.2, 0.25) is 0 Å². The van der Waals surface area contributed by atoms with Gasteiger partial charge in [0.1, 0.15) is 19.8 Å². The number of allylic oxidation sites excluding steroid dienone is 16. The molecule has 70 heavy (non-hydrogen) atoms. The lowest BCUT2D eigenvalue weighted by molar-refractivity contribution is -0.870. The number of unbranched alkanes of at least 4 members (excludes halogenated alkanes) is 20. The molecule has 0 aromatic rings. The molecule has 0 radical (unpaired) electrons. The average Bonchev–Trinajstić information content (AvgIpc) is 3.32. The van der Waals surface area contributed by atoms with E-state index in [1.807, 2.05) is 21.1 Å². The van der Waals surface area contributed by atoms with Gasteiger partial charge < -0.3 is 27.9 Å². The van der Waals surface area contributed by atoms with Crippen molar-refractivity contribution < 1.29 is 42.1 Å². The predicted molar refractivity (Wildman–Crippen MR) is 295 cm³/mol. The summed E-state index contributed by atoms with van der Waals surface area (Å²) in [5.74, 6) is -0.851. The SMILES string of the molecule is CC/C=C\C/C=C\C/C=C\C/C=C\C/C=C\C/C=C\CCCCCCCCCCCCC(=O)OC(COC(=O)CCCCCCCCC/C=C\C/C=C\CCCCC)COP(=O)([O-])OCC[N+](C)(C)C. The van der Waals surface area contributed by atoms with Crippen molar-refractivity contribution in [2.75, 3.05) is 47.5 Å². The fourth-order valence-corrected chi connectivity index (χ4v) is 8.01. The van der Waals surface area contributed by atoms with Crippen LogP contribution in [0.3, 0.4) is 0 Å². The summed E-state index contributed by atoms with van der Waals surface area (Å²) in [6.07, 6.45) is 68.7. The highest BCUT2D eigenvalue weighted by molar-refractivity contribution is 7.45. The molecule has 0 heterocycles. The number of hydrogen-bond acceptors (Lipinski definition) is 8. The smallest absolute Gasteiger partial charge is 0.306 e. The van der Waals surface area contributed by atoms with E-state index in [2.05, 4.69) is 111 Å². The number of carbonyl (C=O) groups excluding carboxylic acids is 2. The highest BCUT2D eigenvalue weighted by Crippen LogP contribution is 2.38. The Morgan fingerprint density at radius 2 is 0.814 bits per heavy atom. The number of nitrogens with zero attached hydrogens (tertiary/aromatic N) is 1. The van der Waals surface area contributed by atoms with Crippen LogP contribution in [0.5, 0.6) is 0 Å². The van der Waals surface area contributed by atoms with E-state index in [-0.39, 0.29) is 26.1 Å². The zero-order valence-electron chi connectivity index (χ0n) is 45.4. The largest absolute Gasteiger partial charge is 0.756 e. The monoisotopic (exact) mass is 998 g/mol. The van der Waals surface area contributed by atoms with Gasteiger partial charge in [-0.2, -0.15) is 0 Å². The molecular weight excluding hydrogens is 894 g/mol. The van der Waals surface area contributed by atoms with Crippen molar-refractivity contribution in [2.24, 2.45) is 0 Å². The van der Waals surface area contributed by atoms with Gasteiger partial charge in [-0.25, -0.2) is 0 Å². The molecule has 0 aliphatic rings. The van der Waals surface area contributed by atoms with Crippen molar-refractivity contribution in [3.05, 3.63) is 97.2 Å². The first-order valence-electron chi connectivity index (χ1n) is 27.9. The lowest BCUT2D eigenvalue weighted by atomic mass is 10.0. The number of phosphoric acid groups is 1. The van der Waals surface area contributed by atoms with Crippen LogP contribution in [0.1, 0.15) is 219 Å². The van der Waals surface area contributed by atoms with Crippen molar-refractivity contribution in [1.82, 2.24) is 0 Å². The summed E-state index contributed by atoms with van der Waals surface area (Å²) in [4.78, 5) is 37.8. The van der Waals surface area contributed by atoms with Gasteiger partial charge in [-0.05, 0) is 96.3 Å². The van der Waals surface area contributed by atoms with Crippen molar-refractivity contribution in [2.45, 2.75) is 225 Å². The molecule has 0 saturated carbocycles. The maximum absolute atomic E-state index is 12.8. The summed E-state index contributed by atoms with van der Waals surface area (Å²) in [5.41, 5.74) is 0. The van der Waals surface area contributed by atoms with Crippen LogP contribution in [0.25, 0.3) is 0 Å². The zero-order chi connectivity index (χ0) is 51.3. The Bertz CT molecular complexity index is 1500. The normalized spacial score (nSPS) is 14.1. The maximum Gasteiger partial charge on any atom is 0.306 e. The van der Waals surface area contributed by atoms with Crippen LogP contribution in [-0.4, -0.2) is 70.0 Å². The quantitative estimate of drug-likeness (QED) is 0.0195. The van der Waals surface area contributed by atoms with Crippen LogP contribution in [-0.2, 0) is 32.7 Å². The number of rotatable bonds is 50. The molecule has 0 N–H and O–H groups in total. The van der Waals surface area contributed by atoms with Crippen LogP contribution in [0, 0.1) is 0 Å². The minimum Gasteiger partial charge on any atom is -0.756 e. The van der Waals surface area contributed by atoms with Gasteiger partial charge in [-0.1, -0.05) is 207 Å². The third-order valence-corrected chi connectivity index (χ3v) is 12.6. The summed E-state index contributed by atoms with van der Waals surface area (Å²) >= 11 is 0. The number of hydrogen-bond donors (Lipinski definition) is 0. The summed E-state index contributed by atoms with van der Waals surface area (Å²) in [6, 6.07) is 0. The molecule has 0 aromatic carbocycles. The lowest BCUT2D eigenvalue weighted by Gasteiger charge is -2.28. The van der Waals surface area contributed by atoms with Gasteiger partial charge in [-0.3, -0.25) is 14.2 Å². The molecule has 9 nitrogen and oxygen atoms in total. The number of esters is 2. The van der Waals surface area contributed by atoms with E-state index in [1.54, 1.807) is 0 Å². The van der Waals surface area contributed by atoms with Crippen LogP contribution >= 0.6 is 7.82 Å².